The van der Waals surface area contributed by atoms with Crippen molar-refractivity contribution in [1.29, 1.82) is 0 Å². The first-order valence-electron chi connectivity index (χ1n) is 15.0. The summed E-state index contributed by atoms with van der Waals surface area (Å²) in [6.45, 7) is 9.01. The van der Waals surface area contributed by atoms with Crippen molar-refractivity contribution in [3.8, 4) is 28.2 Å². The number of fused-ring (bicyclic) bond motifs is 6. The SMILES string of the molecule is CC(C)c1cccc(C(C)C)c1-n1ccnc1-c1cccc2c1oc1cc(-c3ccc4c(c3)oc3ccccc34)ccc12. The van der Waals surface area contributed by atoms with Crippen molar-refractivity contribution < 1.29 is 8.83 Å². The molecule has 0 bridgehead atoms. The minimum atomic E-state index is 0.378. The van der Waals surface area contributed by atoms with Gasteiger partial charge in [-0.1, -0.05) is 88.4 Å². The van der Waals surface area contributed by atoms with E-state index in [9.17, 15) is 0 Å². The number of furan rings is 2. The highest BCUT2D eigenvalue weighted by atomic mass is 16.3. The monoisotopic (exact) mass is 560 g/mol. The summed E-state index contributed by atoms with van der Waals surface area (Å²) in [4.78, 5) is 4.89. The number of benzene rings is 5. The molecule has 0 radical (unpaired) electrons. The first-order chi connectivity index (χ1) is 21.0. The lowest BCUT2D eigenvalue weighted by atomic mass is 9.92. The molecule has 0 amide bonds. The summed E-state index contributed by atoms with van der Waals surface area (Å²) in [7, 11) is 0. The molecule has 43 heavy (non-hydrogen) atoms. The number of rotatable bonds is 5. The van der Waals surface area contributed by atoms with E-state index in [0.717, 1.165) is 66.4 Å². The Morgan fingerprint density at radius 1 is 0.581 bits per heavy atom. The summed E-state index contributed by atoms with van der Waals surface area (Å²) >= 11 is 0. The Balaban J connectivity index is 1.28. The fraction of sp³-hybridized carbons (Fsp3) is 0.154. The van der Waals surface area contributed by atoms with Crippen LogP contribution in [0.4, 0.5) is 0 Å². The van der Waals surface area contributed by atoms with Crippen LogP contribution < -0.4 is 0 Å². The average Bonchev–Trinajstić information content (AvgIpc) is 3.75. The molecule has 210 valence electrons. The van der Waals surface area contributed by atoms with Gasteiger partial charge in [-0.3, -0.25) is 4.57 Å². The van der Waals surface area contributed by atoms with E-state index in [4.69, 9.17) is 13.8 Å². The normalized spacial score (nSPS) is 12.1. The molecule has 0 fully saturated rings. The third kappa shape index (κ3) is 4.01. The maximum atomic E-state index is 6.67. The molecular weight excluding hydrogens is 528 g/mol. The lowest BCUT2D eigenvalue weighted by molar-refractivity contribution is 0.668. The predicted octanol–water partition coefficient (Wildman–Crippen LogP) is 11.3. The average molecular weight is 561 g/mol. The molecule has 4 heteroatoms. The number of para-hydroxylation sites is 3. The standard InChI is InChI=1S/C39H32N2O2/c1-23(2)27-10-7-11-28(24(3)4)37(27)41-20-19-40-39(41)33-13-8-12-32-31-18-16-26(22-36(31)43-38(32)33)25-15-17-30-29-9-5-6-14-34(29)42-35(30)21-25/h5-24H,1-4H3. The van der Waals surface area contributed by atoms with E-state index in [2.05, 4.69) is 117 Å². The van der Waals surface area contributed by atoms with Gasteiger partial charge in [-0.15, -0.1) is 0 Å². The van der Waals surface area contributed by atoms with Gasteiger partial charge in [-0.05, 0) is 70.5 Å². The first-order valence-corrected chi connectivity index (χ1v) is 15.0. The Morgan fingerprint density at radius 3 is 1.91 bits per heavy atom. The predicted molar refractivity (Wildman–Crippen MR) is 177 cm³/mol. The number of nitrogens with zero attached hydrogens (tertiary/aromatic N) is 2. The molecule has 0 spiro atoms. The molecule has 3 heterocycles. The Hall–Kier alpha value is -5.09. The van der Waals surface area contributed by atoms with Gasteiger partial charge >= 0.3 is 0 Å². The number of hydrogen-bond donors (Lipinski definition) is 0. The van der Waals surface area contributed by atoms with Gasteiger partial charge in [0, 0.05) is 33.9 Å². The smallest absolute Gasteiger partial charge is 0.148 e. The van der Waals surface area contributed by atoms with Crippen LogP contribution in [-0.2, 0) is 0 Å². The molecule has 8 aromatic rings. The third-order valence-electron chi connectivity index (χ3n) is 8.68. The zero-order valence-corrected chi connectivity index (χ0v) is 24.8. The second-order valence-corrected chi connectivity index (χ2v) is 12.0. The van der Waals surface area contributed by atoms with Crippen molar-refractivity contribution in [2.45, 2.75) is 39.5 Å². The largest absolute Gasteiger partial charge is 0.456 e. The van der Waals surface area contributed by atoms with Crippen molar-refractivity contribution in [3.63, 3.8) is 0 Å². The molecule has 0 aliphatic carbocycles. The second-order valence-electron chi connectivity index (χ2n) is 12.0. The van der Waals surface area contributed by atoms with Crippen LogP contribution in [0.5, 0.6) is 0 Å². The van der Waals surface area contributed by atoms with Crippen LogP contribution in [0.1, 0.15) is 50.7 Å². The first kappa shape index (κ1) is 25.6. The molecule has 0 saturated heterocycles. The maximum Gasteiger partial charge on any atom is 0.148 e. The quantitative estimate of drug-likeness (QED) is 0.210. The van der Waals surface area contributed by atoms with Gasteiger partial charge in [-0.25, -0.2) is 4.98 Å². The van der Waals surface area contributed by atoms with Gasteiger partial charge in [0.15, 0.2) is 0 Å². The third-order valence-corrected chi connectivity index (χ3v) is 8.68. The molecular formula is C39H32N2O2. The van der Waals surface area contributed by atoms with Crippen LogP contribution in [0.15, 0.2) is 118 Å². The maximum absolute atomic E-state index is 6.67. The molecule has 0 N–H and O–H groups in total. The van der Waals surface area contributed by atoms with Crippen LogP contribution in [0.3, 0.4) is 0 Å². The highest BCUT2D eigenvalue weighted by Gasteiger charge is 2.21. The summed E-state index contributed by atoms with van der Waals surface area (Å²) in [5.74, 6) is 1.64. The Kier molecular flexibility index (Phi) is 5.80. The van der Waals surface area contributed by atoms with Crippen LogP contribution >= 0.6 is 0 Å². The zero-order valence-electron chi connectivity index (χ0n) is 24.8. The highest BCUT2D eigenvalue weighted by Crippen LogP contribution is 2.40. The van der Waals surface area contributed by atoms with Gasteiger partial charge in [-0.2, -0.15) is 0 Å². The molecule has 5 aromatic carbocycles. The van der Waals surface area contributed by atoms with Crippen molar-refractivity contribution in [2.24, 2.45) is 0 Å². The minimum Gasteiger partial charge on any atom is -0.456 e. The van der Waals surface area contributed by atoms with Gasteiger partial charge in [0.1, 0.15) is 28.2 Å². The van der Waals surface area contributed by atoms with Crippen molar-refractivity contribution >= 4 is 43.9 Å². The van der Waals surface area contributed by atoms with Gasteiger partial charge < -0.3 is 8.83 Å². The molecule has 0 aliphatic heterocycles. The van der Waals surface area contributed by atoms with E-state index < -0.39 is 0 Å². The van der Waals surface area contributed by atoms with E-state index in [0.29, 0.717) is 11.8 Å². The number of hydrogen-bond acceptors (Lipinski definition) is 3. The topological polar surface area (TPSA) is 44.1 Å². The number of aromatic nitrogens is 2. The summed E-state index contributed by atoms with van der Waals surface area (Å²) < 4.78 is 15.1. The summed E-state index contributed by atoms with van der Waals surface area (Å²) in [6.07, 6.45) is 3.97. The molecule has 8 rings (SSSR count). The highest BCUT2D eigenvalue weighted by molar-refractivity contribution is 6.10. The Morgan fingerprint density at radius 2 is 1.19 bits per heavy atom. The van der Waals surface area contributed by atoms with E-state index in [-0.39, 0.29) is 0 Å². The second kappa shape index (κ2) is 9.74. The molecule has 0 saturated carbocycles. The fourth-order valence-corrected chi connectivity index (χ4v) is 6.53. The molecule has 3 aromatic heterocycles. The van der Waals surface area contributed by atoms with Crippen LogP contribution in [0, 0.1) is 0 Å². The van der Waals surface area contributed by atoms with Crippen LogP contribution in [-0.4, -0.2) is 9.55 Å². The van der Waals surface area contributed by atoms with Gasteiger partial charge in [0.05, 0.1) is 11.3 Å². The summed E-state index contributed by atoms with van der Waals surface area (Å²) in [5.41, 5.74) is 10.5. The van der Waals surface area contributed by atoms with Gasteiger partial charge in [0.25, 0.3) is 0 Å². The lowest BCUT2D eigenvalue weighted by Gasteiger charge is -2.21. The van der Waals surface area contributed by atoms with Crippen molar-refractivity contribution in [3.05, 3.63) is 121 Å². The van der Waals surface area contributed by atoms with Gasteiger partial charge in [0.2, 0.25) is 0 Å². The van der Waals surface area contributed by atoms with Crippen molar-refractivity contribution in [1.82, 2.24) is 9.55 Å². The number of imidazole rings is 1. The van der Waals surface area contributed by atoms with E-state index in [1.807, 2.05) is 24.4 Å². The summed E-state index contributed by atoms with van der Waals surface area (Å²) in [6, 6.07) is 34.1. The Labute approximate surface area is 250 Å². The van der Waals surface area contributed by atoms with Crippen LogP contribution in [0.2, 0.25) is 0 Å². The van der Waals surface area contributed by atoms with E-state index >= 15 is 0 Å². The van der Waals surface area contributed by atoms with Crippen LogP contribution in [0.25, 0.3) is 72.1 Å². The molecule has 0 atom stereocenters. The zero-order chi connectivity index (χ0) is 29.2. The molecule has 0 aliphatic rings. The van der Waals surface area contributed by atoms with Crippen molar-refractivity contribution in [2.75, 3.05) is 0 Å². The minimum absolute atomic E-state index is 0.378. The summed E-state index contributed by atoms with van der Waals surface area (Å²) in [5, 5.41) is 4.44. The van der Waals surface area contributed by atoms with E-state index in [1.54, 1.807) is 0 Å². The van der Waals surface area contributed by atoms with E-state index in [1.165, 1.54) is 16.8 Å². The Bertz CT molecular complexity index is 2290. The molecule has 0 unspecified atom stereocenters. The molecule has 4 nitrogen and oxygen atoms in total. The lowest BCUT2D eigenvalue weighted by Crippen LogP contribution is -2.07. The fourth-order valence-electron chi connectivity index (χ4n) is 6.53.